The molecule has 0 spiro atoms. The highest BCUT2D eigenvalue weighted by atomic mass is 35.5. The largest absolute Gasteiger partial charge is 0.496 e. The van der Waals surface area contributed by atoms with Crippen LogP contribution in [0, 0.1) is 13.8 Å². The summed E-state index contributed by atoms with van der Waals surface area (Å²) in [6, 6.07) is 17.3. The molecule has 6 nitrogen and oxygen atoms in total. The Morgan fingerprint density at radius 2 is 1.88 bits per heavy atom. The minimum atomic E-state index is -0.0492. The lowest BCUT2D eigenvalue weighted by Crippen LogP contribution is -2.24. The van der Waals surface area contributed by atoms with Gasteiger partial charge in [-0.25, -0.2) is 9.67 Å². The zero-order chi connectivity index (χ0) is 22.7. The maximum atomic E-state index is 12.5. The summed E-state index contributed by atoms with van der Waals surface area (Å²) in [5.74, 6) is 0.701. The number of para-hydroxylation sites is 1. The number of hydrogen-bond acceptors (Lipinski definition) is 4. The van der Waals surface area contributed by atoms with E-state index in [9.17, 15) is 4.79 Å². The minimum Gasteiger partial charge on any atom is -0.496 e. The lowest BCUT2D eigenvalue weighted by atomic mass is 10.0. The van der Waals surface area contributed by atoms with E-state index in [0.717, 1.165) is 44.9 Å². The number of pyridine rings is 1. The van der Waals surface area contributed by atoms with Crippen molar-refractivity contribution in [3.05, 3.63) is 76.4 Å². The van der Waals surface area contributed by atoms with Crippen molar-refractivity contribution >= 4 is 28.5 Å². The molecule has 0 bridgehead atoms. The SMILES string of the molecule is COc1ccccc1-c1nn(CCC(=O)NCc2ccc(Cl)cc2)c2nc(C)cc(C)c12. The lowest BCUT2D eigenvalue weighted by Gasteiger charge is -2.07. The highest BCUT2D eigenvalue weighted by Gasteiger charge is 2.19. The fourth-order valence-corrected chi connectivity index (χ4v) is 3.92. The molecule has 7 heteroatoms. The normalized spacial score (nSPS) is 11.0. The van der Waals surface area contributed by atoms with Crippen LogP contribution in [0.4, 0.5) is 0 Å². The molecule has 0 fully saturated rings. The third-order valence-corrected chi connectivity index (χ3v) is 5.60. The van der Waals surface area contributed by atoms with Gasteiger partial charge in [-0.05, 0) is 55.3 Å². The summed E-state index contributed by atoms with van der Waals surface area (Å²) < 4.78 is 7.38. The second-order valence-electron chi connectivity index (χ2n) is 7.70. The lowest BCUT2D eigenvalue weighted by molar-refractivity contribution is -0.121. The van der Waals surface area contributed by atoms with Gasteiger partial charge in [-0.1, -0.05) is 35.9 Å². The molecule has 0 aliphatic heterocycles. The van der Waals surface area contributed by atoms with Gasteiger partial charge in [-0.15, -0.1) is 0 Å². The number of aryl methyl sites for hydroxylation is 3. The number of methoxy groups -OCH3 is 1. The van der Waals surface area contributed by atoms with Crippen molar-refractivity contribution in [1.82, 2.24) is 20.1 Å². The standard InChI is InChI=1S/C25H25ClN4O2/c1-16-14-17(2)28-25-23(16)24(20-6-4-5-7-21(20)32-3)29-30(25)13-12-22(31)27-15-18-8-10-19(26)11-9-18/h4-11,14H,12-13,15H2,1-3H3,(H,27,31). The Morgan fingerprint density at radius 3 is 2.62 bits per heavy atom. The number of amides is 1. The summed E-state index contributed by atoms with van der Waals surface area (Å²) in [7, 11) is 1.65. The Labute approximate surface area is 192 Å². The van der Waals surface area contributed by atoms with Gasteiger partial charge >= 0.3 is 0 Å². The minimum absolute atomic E-state index is 0.0492. The first-order valence-corrected chi connectivity index (χ1v) is 10.8. The van der Waals surface area contributed by atoms with Crippen LogP contribution in [-0.4, -0.2) is 27.8 Å². The highest BCUT2D eigenvalue weighted by Crippen LogP contribution is 2.35. The fourth-order valence-electron chi connectivity index (χ4n) is 3.80. The molecule has 0 saturated heterocycles. The van der Waals surface area contributed by atoms with Gasteiger partial charge in [0.15, 0.2) is 5.65 Å². The Hall–Kier alpha value is -3.38. The van der Waals surface area contributed by atoms with Crippen LogP contribution >= 0.6 is 11.6 Å². The average molecular weight is 449 g/mol. The van der Waals surface area contributed by atoms with Crippen LogP contribution < -0.4 is 10.1 Å². The number of benzene rings is 2. The number of fused-ring (bicyclic) bond motifs is 1. The van der Waals surface area contributed by atoms with Gasteiger partial charge in [0.25, 0.3) is 0 Å². The Bertz CT molecular complexity index is 1270. The first kappa shape index (κ1) is 21.8. The molecular weight excluding hydrogens is 424 g/mol. The topological polar surface area (TPSA) is 69.0 Å². The van der Waals surface area contributed by atoms with Gasteiger partial charge in [-0.2, -0.15) is 5.10 Å². The van der Waals surface area contributed by atoms with Gasteiger partial charge in [0.1, 0.15) is 11.4 Å². The maximum absolute atomic E-state index is 12.5. The molecule has 1 N–H and O–H groups in total. The van der Waals surface area contributed by atoms with Crippen molar-refractivity contribution in [1.29, 1.82) is 0 Å². The summed E-state index contributed by atoms with van der Waals surface area (Å²) in [5, 5.41) is 9.45. The molecule has 0 unspecified atom stereocenters. The van der Waals surface area contributed by atoms with Gasteiger partial charge in [0.2, 0.25) is 5.91 Å². The van der Waals surface area contributed by atoms with Crippen LogP contribution in [0.5, 0.6) is 5.75 Å². The smallest absolute Gasteiger partial charge is 0.222 e. The summed E-state index contributed by atoms with van der Waals surface area (Å²) in [6.07, 6.45) is 0.296. The molecular formula is C25H25ClN4O2. The number of hydrogen-bond donors (Lipinski definition) is 1. The average Bonchev–Trinajstić information content (AvgIpc) is 3.15. The second-order valence-corrected chi connectivity index (χ2v) is 8.14. The van der Waals surface area contributed by atoms with E-state index in [0.29, 0.717) is 24.5 Å². The van der Waals surface area contributed by atoms with Crippen LogP contribution in [0.3, 0.4) is 0 Å². The van der Waals surface area contributed by atoms with E-state index in [4.69, 9.17) is 26.4 Å². The van der Waals surface area contributed by atoms with Crippen LogP contribution in [0.1, 0.15) is 23.2 Å². The molecule has 0 aliphatic rings. The maximum Gasteiger partial charge on any atom is 0.222 e. The fraction of sp³-hybridized carbons (Fsp3) is 0.240. The molecule has 0 atom stereocenters. The summed E-state index contributed by atoms with van der Waals surface area (Å²) >= 11 is 5.92. The van der Waals surface area contributed by atoms with Crippen LogP contribution in [0.15, 0.2) is 54.6 Å². The van der Waals surface area contributed by atoms with E-state index >= 15 is 0 Å². The summed E-state index contributed by atoms with van der Waals surface area (Å²) in [4.78, 5) is 17.2. The molecule has 0 aliphatic carbocycles. The van der Waals surface area contributed by atoms with Gasteiger partial charge in [-0.3, -0.25) is 4.79 Å². The summed E-state index contributed by atoms with van der Waals surface area (Å²) in [5.41, 5.74) is 5.48. The van der Waals surface area contributed by atoms with E-state index in [1.54, 1.807) is 7.11 Å². The van der Waals surface area contributed by atoms with E-state index in [1.165, 1.54) is 0 Å². The molecule has 1 amide bonds. The molecule has 164 valence electrons. The van der Waals surface area contributed by atoms with Crippen molar-refractivity contribution in [3.63, 3.8) is 0 Å². The first-order valence-electron chi connectivity index (χ1n) is 10.5. The summed E-state index contributed by atoms with van der Waals surface area (Å²) in [6.45, 7) is 4.90. The molecule has 4 rings (SSSR count). The van der Waals surface area contributed by atoms with Crippen molar-refractivity contribution in [3.8, 4) is 17.0 Å². The Morgan fingerprint density at radius 1 is 1.12 bits per heavy atom. The van der Waals surface area contributed by atoms with E-state index in [-0.39, 0.29) is 5.91 Å². The predicted molar refractivity (Wildman–Crippen MR) is 127 cm³/mol. The third-order valence-electron chi connectivity index (χ3n) is 5.34. The second kappa shape index (κ2) is 9.40. The number of ether oxygens (including phenoxy) is 1. The van der Waals surface area contributed by atoms with Gasteiger partial charge in [0.05, 0.1) is 19.0 Å². The zero-order valence-corrected chi connectivity index (χ0v) is 19.1. The molecule has 0 saturated carbocycles. The number of carbonyl (C=O) groups excluding carboxylic acids is 1. The number of aromatic nitrogens is 3. The van der Waals surface area contributed by atoms with E-state index < -0.39 is 0 Å². The molecule has 0 radical (unpaired) electrons. The van der Waals surface area contributed by atoms with Gasteiger partial charge in [0, 0.05) is 29.2 Å². The first-order chi connectivity index (χ1) is 15.5. The zero-order valence-electron chi connectivity index (χ0n) is 18.4. The molecule has 2 aromatic heterocycles. The number of nitrogens with one attached hydrogen (secondary N) is 1. The predicted octanol–water partition coefficient (Wildman–Crippen LogP) is 5.08. The Balaban J connectivity index is 1.58. The number of nitrogens with zero attached hydrogens (tertiary/aromatic N) is 3. The van der Waals surface area contributed by atoms with E-state index in [1.807, 2.05) is 66.2 Å². The monoisotopic (exact) mass is 448 g/mol. The highest BCUT2D eigenvalue weighted by molar-refractivity contribution is 6.30. The van der Waals surface area contributed by atoms with Crippen molar-refractivity contribution in [2.75, 3.05) is 7.11 Å². The molecule has 2 aromatic carbocycles. The van der Waals surface area contributed by atoms with Crippen LogP contribution in [0.2, 0.25) is 5.02 Å². The number of halogens is 1. The van der Waals surface area contributed by atoms with Crippen molar-refractivity contribution < 1.29 is 9.53 Å². The number of carbonyl (C=O) groups is 1. The van der Waals surface area contributed by atoms with Crippen LogP contribution in [0.25, 0.3) is 22.3 Å². The van der Waals surface area contributed by atoms with Crippen LogP contribution in [-0.2, 0) is 17.9 Å². The number of rotatable bonds is 7. The molecule has 2 heterocycles. The Kier molecular flexibility index (Phi) is 6.42. The molecule has 32 heavy (non-hydrogen) atoms. The third kappa shape index (κ3) is 4.60. The van der Waals surface area contributed by atoms with E-state index in [2.05, 4.69) is 12.2 Å². The van der Waals surface area contributed by atoms with Crippen molar-refractivity contribution in [2.45, 2.75) is 33.4 Å². The quantitative estimate of drug-likeness (QED) is 0.428. The molecule has 4 aromatic rings. The van der Waals surface area contributed by atoms with Crippen molar-refractivity contribution in [2.24, 2.45) is 0 Å². The van der Waals surface area contributed by atoms with Gasteiger partial charge < -0.3 is 10.1 Å².